The van der Waals surface area contributed by atoms with Gasteiger partial charge in [0.15, 0.2) is 0 Å². The molecule has 7 nitrogen and oxygen atoms in total. The number of hydrogen-bond donors (Lipinski definition) is 2. The van der Waals surface area contributed by atoms with Crippen molar-refractivity contribution >= 4 is 33.5 Å². The van der Waals surface area contributed by atoms with Gasteiger partial charge in [-0.1, -0.05) is 18.0 Å². The highest BCUT2D eigenvalue weighted by Gasteiger charge is 2.57. The van der Waals surface area contributed by atoms with Gasteiger partial charge in [0.05, 0.1) is 10.3 Å². The summed E-state index contributed by atoms with van der Waals surface area (Å²) in [5.74, 6) is -1.93. The molecular formula is C15H17ClN2O5S. The van der Waals surface area contributed by atoms with E-state index >= 15 is 0 Å². The Labute approximate surface area is 144 Å². The molecule has 130 valence electrons. The number of benzene rings is 1. The first-order chi connectivity index (χ1) is 11.2. The van der Waals surface area contributed by atoms with Crippen LogP contribution in [0.4, 0.5) is 0 Å². The Morgan fingerprint density at radius 1 is 1.33 bits per heavy atom. The van der Waals surface area contributed by atoms with Crippen LogP contribution < -0.4 is 5.73 Å². The molecule has 1 saturated heterocycles. The van der Waals surface area contributed by atoms with Gasteiger partial charge in [0, 0.05) is 23.7 Å². The van der Waals surface area contributed by atoms with Gasteiger partial charge in [-0.3, -0.25) is 9.59 Å². The first-order valence-electron chi connectivity index (χ1n) is 7.51. The van der Waals surface area contributed by atoms with Gasteiger partial charge in [-0.2, -0.15) is 4.31 Å². The number of rotatable bonds is 4. The quantitative estimate of drug-likeness (QED) is 0.826. The van der Waals surface area contributed by atoms with Crippen LogP contribution in [0.2, 0.25) is 5.02 Å². The lowest BCUT2D eigenvalue weighted by atomic mass is 9.81. The second-order valence-corrected chi connectivity index (χ2v) is 8.76. The zero-order valence-corrected chi connectivity index (χ0v) is 14.3. The van der Waals surface area contributed by atoms with E-state index in [0.717, 1.165) is 6.42 Å². The van der Waals surface area contributed by atoms with Crippen molar-refractivity contribution < 1.29 is 23.1 Å². The van der Waals surface area contributed by atoms with E-state index in [2.05, 4.69) is 0 Å². The van der Waals surface area contributed by atoms with Crippen LogP contribution in [0.15, 0.2) is 23.1 Å². The molecule has 2 fully saturated rings. The van der Waals surface area contributed by atoms with Gasteiger partial charge < -0.3 is 10.8 Å². The number of halogens is 1. The van der Waals surface area contributed by atoms with Crippen molar-refractivity contribution in [1.82, 2.24) is 4.31 Å². The van der Waals surface area contributed by atoms with Crippen LogP contribution in [-0.4, -0.2) is 42.8 Å². The summed E-state index contributed by atoms with van der Waals surface area (Å²) >= 11 is 5.90. The molecule has 0 unspecified atom stereocenters. The molecular weight excluding hydrogens is 356 g/mol. The first kappa shape index (κ1) is 17.2. The van der Waals surface area contributed by atoms with Gasteiger partial charge in [-0.15, -0.1) is 0 Å². The molecule has 24 heavy (non-hydrogen) atoms. The fraction of sp³-hybridized carbons (Fsp3) is 0.467. The number of nitrogens with zero attached hydrogens (tertiary/aromatic N) is 1. The summed E-state index contributed by atoms with van der Waals surface area (Å²) < 4.78 is 26.9. The summed E-state index contributed by atoms with van der Waals surface area (Å²) in [6.45, 7) is 0.0980. The molecule has 2 atom stereocenters. The Bertz CT molecular complexity index is 825. The molecule has 0 spiro atoms. The highest BCUT2D eigenvalue weighted by Crippen LogP contribution is 2.50. The third-order valence-corrected chi connectivity index (χ3v) is 7.07. The number of carbonyl (C=O) groups is 2. The lowest BCUT2D eigenvalue weighted by Crippen LogP contribution is -2.37. The lowest BCUT2D eigenvalue weighted by Gasteiger charge is -2.23. The second-order valence-electron chi connectivity index (χ2n) is 6.39. The molecule has 0 radical (unpaired) electrons. The predicted molar refractivity (Wildman–Crippen MR) is 86.1 cm³/mol. The summed E-state index contributed by atoms with van der Waals surface area (Å²) in [5.41, 5.74) is 4.18. The Balaban J connectivity index is 1.98. The maximum atomic E-state index is 12.9. The van der Waals surface area contributed by atoms with Gasteiger partial charge >= 0.3 is 5.97 Å². The van der Waals surface area contributed by atoms with E-state index < -0.39 is 27.3 Å². The van der Waals surface area contributed by atoms with E-state index in [1.807, 2.05) is 0 Å². The topological polar surface area (TPSA) is 118 Å². The number of carboxylic acids is 1. The number of sulfonamides is 1. The molecule has 1 aliphatic heterocycles. The fourth-order valence-electron chi connectivity index (χ4n) is 3.78. The van der Waals surface area contributed by atoms with Crippen LogP contribution in [-0.2, 0) is 14.8 Å². The third kappa shape index (κ3) is 2.58. The van der Waals surface area contributed by atoms with Crippen molar-refractivity contribution in [3.63, 3.8) is 0 Å². The first-order valence-corrected chi connectivity index (χ1v) is 9.32. The average molecular weight is 373 g/mol. The molecule has 0 aromatic heterocycles. The minimum absolute atomic E-state index is 0.00610. The average Bonchev–Trinajstić information content (AvgIpc) is 3.04. The molecule has 1 aromatic carbocycles. The van der Waals surface area contributed by atoms with Crippen molar-refractivity contribution in [2.45, 2.75) is 24.2 Å². The van der Waals surface area contributed by atoms with Crippen LogP contribution in [0, 0.1) is 11.3 Å². The number of carbonyl (C=O) groups excluding carboxylic acids is 1. The molecule has 1 amide bonds. The predicted octanol–water partition coefficient (Wildman–Crippen LogP) is 1.31. The van der Waals surface area contributed by atoms with Crippen LogP contribution in [0.25, 0.3) is 0 Å². The number of hydrogen-bond acceptors (Lipinski definition) is 4. The highest BCUT2D eigenvalue weighted by atomic mass is 35.5. The molecule has 1 heterocycles. The van der Waals surface area contributed by atoms with Crippen molar-refractivity contribution in [3.05, 3.63) is 28.8 Å². The van der Waals surface area contributed by atoms with Gasteiger partial charge in [0.25, 0.3) is 0 Å². The number of amides is 1. The summed E-state index contributed by atoms with van der Waals surface area (Å²) in [7, 11) is -3.95. The van der Waals surface area contributed by atoms with E-state index in [-0.39, 0.29) is 34.5 Å². The smallest absolute Gasteiger partial charge is 0.311 e. The molecule has 3 rings (SSSR count). The zero-order chi connectivity index (χ0) is 17.7. The summed E-state index contributed by atoms with van der Waals surface area (Å²) in [5, 5.41) is 9.67. The number of nitrogens with two attached hydrogens (primary N) is 1. The molecule has 3 N–H and O–H groups in total. The maximum absolute atomic E-state index is 12.9. The van der Waals surface area contributed by atoms with Crippen LogP contribution in [0.1, 0.15) is 29.6 Å². The zero-order valence-electron chi connectivity index (χ0n) is 12.7. The SMILES string of the molecule is NC(=O)c1cc(Cl)cc(S(=O)(=O)N2C[C@@H]3CCC[C@@]3(C(=O)O)C2)c1. The van der Waals surface area contributed by atoms with Crippen molar-refractivity contribution in [2.75, 3.05) is 13.1 Å². The van der Waals surface area contributed by atoms with E-state index in [1.54, 1.807) is 0 Å². The standard InChI is InChI=1S/C15H17ClN2O5S/c16-11-4-9(13(17)19)5-12(6-11)24(22,23)18-7-10-2-1-3-15(10,8-18)14(20)21/h4-6,10H,1-3,7-8H2,(H2,17,19)(H,20,21)/t10-,15+/m0/s1. The molecule has 0 bridgehead atoms. The maximum Gasteiger partial charge on any atom is 0.311 e. The van der Waals surface area contributed by atoms with Crippen molar-refractivity contribution in [1.29, 1.82) is 0 Å². The van der Waals surface area contributed by atoms with Gasteiger partial charge in [0.2, 0.25) is 15.9 Å². The van der Waals surface area contributed by atoms with E-state index in [1.165, 1.54) is 22.5 Å². The molecule has 1 aromatic rings. The number of aliphatic carboxylic acids is 1. The van der Waals surface area contributed by atoms with Crippen LogP contribution in [0.3, 0.4) is 0 Å². The van der Waals surface area contributed by atoms with Crippen molar-refractivity contribution in [3.8, 4) is 0 Å². The number of primary amides is 1. The third-order valence-electron chi connectivity index (χ3n) is 5.06. The highest BCUT2D eigenvalue weighted by molar-refractivity contribution is 7.89. The lowest BCUT2D eigenvalue weighted by molar-refractivity contribution is -0.149. The molecule has 2 aliphatic rings. The largest absolute Gasteiger partial charge is 0.481 e. The minimum atomic E-state index is -3.95. The Morgan fingerprint density at radius 2 is 2.04 bits per heavy atom. The molecule has 9 heteroatoms. The second kappa shape index (κ2) is 5.72. The molecule has 1 saturated carbocycles. The number of fused-ring (bicyclic) bond motifs is 1. The van der Waals surface area contributed by atoms with Gasteiger partial charge in [-0.05, 0) is 37.0 Å². The monoisotopic (exact) mass is 372 g/mol. The van der Waals surface area contributed by atoms with Crippen molar-refractivity contribution in [2.24, 2.45) is 17.1 Å². The van der Waals surface area contributed by atoms with E-state index in [9.17, 15) is 23.1 Å². The normalized spacial score (nSPS) is 27.1. The fourth-order valence-corrected chi connectivity index (χ4v) is 5.71. The molecule has 1 aliphatic carbocycles. The van der Waals surface area contributed by atoms with E-state index in [0.29, 0.717) is 12.8 Å². The summed E-state index contributed by atoms with van der Waals surface area (Å²) in [4.78, 5) is 22.9. The van der Waals surface area contributed by atoms with Crippen LogP contribution >= 0.6 is 11.6 Å². The van der Waals surface area contributed by atoms with Gasteiger partial charge in [-0.25, -0.2) is 8.42 Å². The van der Waals surface area contributed by atoms with Gasteiger partial charge in [0.1, 0.15) is 0 Å². The minimum Gasteiger partial charge on any atom is -0.481 e. The summed E-state index contributed by atoms with van der Waals surface area (Å²) in [6, 6.07) is 3.70. The Morgan fingerprint density at radius 3 is 2.62 bits per heavy atom. The van der Waals surface area contributed by atoms with E-state index in [4.69, 9.17) is 17.3 Å². The Hall–Kier alpha value is -1.64. The summed E-state index contributed by atoms with van der Waals surface area (Å²) in [6.07, 6.45) is 1.95. The Kier molecular flexibility index (Phi) is 4.09. The number of carboxylic acid groups (broad SMARTS) is 1. The van der Waals surface area contributed by atoms with Crippen LogP contribution in [0.5, 0.6) is 0 Å².